The van der Waals surface area contributed by atoms with Crippen LogP contribution in [0.4, 0.5) is 0 Å². The van der Waals surface area contributed by atoms with Gasteiger partial charge in [-0.15, -0.1) is 0 Å². The van der Waals surface area contributed by atoms with Crippen LogP contribution in [0.15, 0.2) is 36.4 Å². The monoisotopic (exact) mass is 356 g/mol. The average Bonchev–Trinajstić information content (AvgIpc) is 2.66. The molecule has 136 valence electrons. The molecule has 1 heterocycles. The third-order valence-electron chi connectivity index (χ3n) is 4.52. The summed E-state index contributed by atoms with van der Waals surface area (Å²) in [6.45, 7) is 2.87. The van der Waals surface area contributed by atoms with Crippen molar-refractivity contribution in [2.45, 2.75) is 6.92 Å². The number of phenols is 1. The second-order valence-electron chi connectivity index (χ2n) is 6.15. The molecule has 2 amide bonds. The summed E-state index contributed by atoms with van der Waals surface area (Å²) >= 11 is 0. The van der Waals surface area contributed by atoms with Crippen LogP contribution in [0, 0.1) is 0 Å². The van der Waals surface area contributed by atoms with Gasteiger partial charge in [0.15, 0.2) is 6.61 Å². The summed E-state index contributed by atoms with van der Waals surface area (Å²) in [6, 6.07) is 10.3. The van der Waals surface area contributed by atoms with E-state index in [1.54, 1.807) is 28.0 Å². The van der Waals surface area contributed by atoms with Crippen LogP contribution in [0.1, 0.15) is 17.3 Å². The molecule has 0 aliphatic carbocycles. The minimum absolute atomic E-state index is 0.0182. The van der Waals surface area contributed by atoms with E-state index in [2.05, 4.69) is 0 Å². The lowest BCUT2D eigenvalue weighted by Crippen LogP contribution is -2.51. The van der Waals surface area contributed by atoms with E-state index in [1.165, 1.54) is 13.0 Å². The zero-order chi connectivity index (χ0) is 18.7. The van der Waals surface area contributed by atoms with E-state index < -0.39 is 12.6 Å². The normalized spacial score (nSPS) is 14.3. The number of hydrogen-bond acceptors (Lipinski definition) is 5. The van der Waals surface area contributed by atoms with Crippen LogP contribution in [-0.4, -0.2) is 65.5 Å². The van der Waals surface area contributed by atoms with Gasteiger partial charge in [0.2, 0.25) is 5.91 Å². The second-order valence-corrected chi connectivity index (χ2v) is 6.15. The molecular weight excluding hydrogens is 336 g/mol. The van der Waals surface area contributed by atoms with Crippen molar-refractivity contribution in [3.63, 3.8) is 0 Å². The molecule has 2 aromatic carbocycles. The van der Waals surface area contributed by atoms with E-state index in [1.807, 2.05) is 12.1 Å². The zero-order valence-corrected chi connectivity index (χ0v) is 14.5. The number of hydrogen-bond donors (Lipinski definition) is 1. The molecule has 0 bridgehead atoms. The molecule has 7 heteroatoms. The highest BCUT2D eigenvalue weighted by molar-refractivity contribution is 6.01. The maximum atomic E-state index is 12.2. The van der Waals surface area contributed by atoms with Crippen molar-refractivity contribution in [2.24, 2.45) is 0 Å². The first-order valence-corrected chi connectivity index (χ1v) is 8.38. The van der Waals surface area contributed by atoms with Crippen molar-refractivity contribution in [3.8, 4) is 5.75 Å². The Bertz CT molecular complexity index is 856. The summed E-state index contributed by atoms with van der Waals surface area (Å²) in [7, 11) is 0. The van der Waals surface area contributed by atoms with Crippen molar-refractivity contribution < 1.29 is 24.2 Å². The molecule has 3 rings (SSSR count). The largest absolute Gasteiger partial charge is 0.506 e. The lowest BCUT2D eigenvalue weighted by molar-refractivity contribution is -0.140. The molecule has 0 radical (unpaired) electrons. The van der Waals surface area contributed by atoms with Gasteiger partial charge in [-0.25, -0.2) is 4.79 Å². The predicted molar refractivity (Wildman–Crippen MR) is 94.7 cm³/mol. The molecule has 0 saturated carbocycles. The molecule has 0 unspecified atom stereocenters. The highest BCUT2D eigenvalue weighted by Gasteiger charge is 2.24. The number of piperazine rings is 1. The molecular formula is C19H20N2O5. The number of esters is 1. The van der Waals surface area contributed by atoms with Gasteiger partial charge in [0.05, 0.1) is 0 Å². The topological polar surface area (TPSA) is 87.2 Å². The molecule has 1 aliphatic rings. The number of nitrogens with zero attached hydrogens (tertiary/aromatic N) is 2. The SMILES string of the molecule is CC(=O)N1CCN(C(=O)COC(=O)c2ccc3ccccc3c2O)CC1. The van der Waals surface area contributed by atoms with Gasteiger partial charge in [-0.2, -0.15) is 0 Å². The summed E-state index contributed by atoms with van der Waals surface area (Å²) in [5, 5.41) is 11.6. The maximum Gasteiger partial charge on any atom is 0.342 e. The number of amides is 2. The molecule has 1 fully saturated rings. The molecule has 1 aliphatic heterocycles. The Morgan fingerprint density at radius 3 is 2.35 bits per heavy atom. The van der Waals surface area contributed by atoms with Crippen LogP contribution in [0.2, 0.25) is 0 Å². The number of fused-ring (bicyclic) bond motifs is 1. The first-order valence-electron chi connectivity index (χ1n) is 8.38. The number of rotatable bonds is 3. The van der Waals surface area contributed by atoms with Crippen molar-refractivity contribution in [1.82, 2.24) is 9.80 Å². The molecule has 0 aromatic heterocycles. The molecule has 26 heavy (non-hydrogen) atoms. The Labute approximate surface area is 150 Å². The summed E-state index contributed by atoms with van der Waals surface area (Å²) in [4.78, 5) is 39.0. The molecule has 0 spiro atoms. The van der Waals surface area contributed by atoms with E-state index in [0.717, 1.165) is 5.39 Å². The van der Waals surface area contributed by atoms with E-state index >= 15 is 0 Å². The Morgan fingerprint density at radius 2 is 1.65 bits per heavy atom. The molecule has 1 saturated heterocycles. The fourth-order valence-corrected chi connectivity index (χ4v) is 2.99. The van der Waals surface area contributed by atoms with Gasteiger partial charge in [-0.05, 0) is 11.5 Å². The molecule has 2 aromatic rings. The Balaban J connectivity index is 1.60. The lowest BCUT2D eigenvalue weighted by atomic mass is 10.1. The lowest BCUT2D eigenvalue weighted by Gasteiger charge is -2.34. The highest BCUT2D eigenvalue weighted by Crippen LogP contribution is 2.28. The minimum atomic E-state index is -0.746. The van der Waals surface area contributed by atoms with Gasteiger partial charge in [-0.3, -0.25) is 9.59 Å². The van der Waals surface area contributed by atoms with Gasteiger partial charge in [0.25, 0.3) is 5.91 Å². The van der Waals surface area contributed by atoms with Gasteiger partial charge in [-0.1, -0.05) is 30.3 Å². The first-order chi connectivity index (χ1) is 12.5. The Morgan fingerprint density at radius 1 is 1.00 bits per heavy atom. The van der Waals surface area contributed by atoms with Crippen LogP contribution >= 0.6 is 0 Å². The van der Waals surface area contributed by atoms with Crippen LogP contribution in [0.5, 0.6) is 5.75 Å². The minimum Gasteiger partial charge on any atom is -0.506 e. The molecule has 7 nitrogen and oxygen atoms in total. The second kappa shape index (κ2) is 7.43. The van der Waals surface area contributed by atoms with Crippen molar-refractivity contribution in [3.05, 3.63) is 42.0 Å². The molecule has 0 atom stereocenters. The first kappa shape index (κ1) is 17.7. The van der Waals surface area contributed by atoms with Crippen molar-refractivity contribution in [2.75, 3.05) is 32.8 Å². The van der Waals surface area contributed by atoms with Crippen molar-refractivity contribution in [1.29, 1.82) is 0 Å². The Kier molecular flexibility index (Phi) is 5.06. The van der Waals surface area contributed by atoms with E-state index in [9.17, 15) is 19.5 Å². The number of ether oxygens (including phenoxy) is 1. The maximum absolute atomic E-state index is 12.2. The van der Waals surface area contributed by atoms with Crippen molar-refractivity contribution >= 4 is 28.6 Å². The number of carbonyl (C=O) groups excluding carboxylic acids is 3. The number of benzene rings is 2. The quantitative estimate of drug-likeness (QED) is 0.840. The third kappa shape index (κ3) is 3.61. The fourth-order valence-electron chi connectivity index (χ4n) is 2.99. The predicted octanol–water partition coefficient (Wildman–Crippen LogP) is 1.39. The average molecular weight is 356 g/mol. The zero-order valence-electron chi connectivity index (χ0n) is 14.5. The molecule has 1 N–H and O–H groups in total. The van der Waals surface area contributed by atoms with Gasteiger partial charge >= 0.3 is 5.97 Å². The summed E-state index contributed by atoms with van der Waals surface area (Å²) in [6.07, 6.45) is 0. The van der Waals surface area contributed by atoms with Crippen LogP contribution in [0.3, 0.4) is 0 Å². The third-order valence-corrected chi connectivity index (χ3v) is 4.52. The van der Waals surface area contributed by atoms with E-state index in [0.29, 0.717) is 31.6 Å². The number of carbonyl (C=O) groups is 3. The van der Waals surface area contributed by atoms with E-state index in [-0.39, 0.29) is 23.1 Å². The van der Waals surface area contributed by atoms with Crippen LogP contribution < -0.4 is 0 Å². The number of aromatic hydroxyl groups is 1. The summed E-state index contributed by atoms with van der Waals surface area (Å²) < 4.78 is 5.08. The van der Waals surface area contributed by atoms with Gasteiger partial charge in [0, 0.05) is 38.5 Å². The summed E-state index contributed by atoms with van der Waals surface area (Å²) in [5.41, 5.74) is 0.0258. The Hall–Kier alpha value is -3.09. The van der Waals surface area contributed by atoms with Crippen LogP contribution in [0.25, 0.3) is 10.8 Å². The van der Waals surface area contributed by atoms with E-state index in [4.69, 9.17) is 4.74 Å². The smallest absolute Gasteiger partial charge is 0.342 e. The van der Waals surface area contributed by atoms with Crippen LogP contribution in [-0.2, 0) is 14.3 Å². The summed E-state index contributed by atoms with van der Waals surface area (Å²) in [5.74, 6) is -1.24. The fraction of sp³-hybridized carbons (Fsp3) is 0.316. The standard InChI is InChI=1S/C19H20N2O5/c1-13(22)20-8-10-21(11-9-20)17(23)12-26-19(25)16-7-6-14-4-2-3-5-15(14)18(16)24/h2-7,24H,8-12H2,1H3. The van der Waals surface area contributed by atoms with Gasteiger partial charge in [0.1, 0.15) is 11.3 Å². The van der Waals surface area contributed by atoms with Gasteiger partial charge < -0.3 is 19.6 Å². The number of phenolic OH excluding ortho intramolecular Hbond substituents is 1. The highest BCUT2D eigenvalue weighted by atomic mass is 16.5.